The van der Waals surface area contributed by atoms with E-state index in [-0.39, 0.29) is 18.2 Å². The van der Waals surface area contributed by atoms with Gasteiger partial charge in [0.05, 0.1) is 24.2 Å². The summed E-state index contributed by atoms with van der Waals surface area (Å²) in [5, 5.41) is 4.38. The van der Waals surface area contributed by atoms with E-state index in [0.29, 0.717) is 28.5 Å². The number of aromatic nitrogens is 1. The van der Waals surface area contributed by atoms with Crippen LogP contribution in [0, 0.1) is 5.92 Å². The van der Waals surface area contributed by atoms with Crippen molar-refractivity contribution in [1.82, 2.24) is 4.98 Å². The summed E-state index contributed by atoms with van der Waals surface area (Å²) in [5.41, 5.74) is 1.98. The van der Waals surface area contributed by atoms with Gasteiger partial charge in [-0.25, -0.2) is 0 Å². The zero-order valence-electron chi connectivity index (χ0n) is 15.2. The number of nitrogens with one attached hydrogen (secondary N) is 1. The molecule has 2 heterocycles. The van der Waals surface area contributed by atoms with Crippen molar-refractivity contribution in [3.05, 3.63) is 59.8 Å². The number of hydrogen-bond donors (Lipinski definition) is 1. The fourth-order valence-corrected chi connectivity index (χ4v) is 3.49. The van der Waals surface area contributed by atoms with Crippen LogP contribution in [0.25, 0.3) is 10.9 Å². The first-order valence-electron chi connectivity index (χ1n) is 8.84. The average molecular weight is 396 g/mol. The Labute approximate surface area is 167 Å². The van der Waals surface area contributed by atoms with E-state index in [1.807, 2.05) is 18.2 Å². The number of halogens is 1. The third-order valence-corrected chi connectivity index (χ3v) is 5.06. The summed E-state index contributed by atoms with van der Waals surface area (Å²) in [4.78, 5) is 31.3. The molecule has 1 fully saturated rings. The van der Waals surface area contributed by atoms with Crippen LogP contribution in [0.5, 0.6) is 5.75 Å². The van der Waals surface area contributed by atoms with E-state index in [0.717, 1.165) is 11.1 Å². The maximum Gasteiger partial charge on any atom is 0.229 e. The quantitative estimate of drug-likeness (QED) is 0.727. The van der Waals surface area contributed by atoms with Crippen molar-refractivity contribution in [2.24, 2.45) is 5.92 Å². The van der Waals surface area contributed by atoms with Crippen molar-refractivity contribution in [2.45, 2.75) is 6.42 Å². The van der Waals surface area contributed by atoms with Crippen molar-refractivity contribution < 1.29 is 14.3 Å². The van der Waals surface area contributed by atoms with E-state index >= 15 is 0 Å². The van der Waals surface area contributed by atoms with Crippen LogP contribution in [-0.2, 0) is 9.59 Å². The second-order valence-corrected chi connectivity index (χ2v) is 7.06. The number of pyridine rings is 1. The minimum absolute atomic E-state index is 0.0869. The van der Waals surface area contributed by atoms with Gasteiger partial charge in [-0.1, -0.05) is 17.7 Å². The summed E-state index contributed by atoms with van der Waals surface area (Å²) in [5.74, 6) is -0.129. The standard InChI is InChI=1S/C21H18ClN3O3/c1-28-17-9-13-3-2-8-23-20(13)18(11-17)24-21(27)14-10-19(26)25(12-14)16-6-4-15(22)5-7-16/h2-9,11,14H,10,12H2,1H3,(H,24,27). The minimum Gasteiger partial charge on any atom is -0.497 e. The fraction of sp³-hybridized carbons (Fsp3) is 0.190. The Morgan fingerprint density at radius 3 is 2.79 bits per heavy atom. The van der Waals surface area contributed by atoms with Gasteiger partial charge in [0.2, 0.25) is 11.8 Å². The molecule has 2 amide bonds. The van der Waals surface area contributed by atoms with Gasteiger partial charge in [0.1, 0.15) is 5.75 Å². The molecule has 142 valence electrons. The van der Waals surface area contributed by atoms with Crippen molar-refractivity contribution >= 4 is 45.7 Å². The third-order valence-electron chi connectivity index (χ3n) is 4.81. The molecule has 0 saturated carbocycles. The highest BCUT2D eigenvalue weighted by Crippen LogP contribution is 2.30. The van der Waals surface area contributed by atoms with E-state index in [1.165, 1.54) is 0 Å². The molecular formula is C21H18ClN3O3. The van der Waals surface area contributed by atoms with Gasteiger partial charge in [0, 0.05) is 41.3 Å². The Hall–Kier alpha value is -3.12. The summed E-state index contributed by atoms with van der Waals surface area (Å²) >= 11 is 5.91. The second kappa shape index (κ2) is 7.48. The second-order valence-electron chi connectivity index (χ2n) is 6.62. The Morgan fingerprint density at radius 1 is 1.25 bits per heavy atom. The Morgan fingerprint density at radius 2 is 2.04 bits per heavy atom. The molecule has 3 aromatic rings. The van der Waals surface area contributed by atoms with Crippen LogP contribution in [0.2, 0.25) is 5.02 Å². The molecule has 1 atom stereocenters. The maximum absolute atomic E-state index is 12.9. The molecular weight excluding hydrogens is 378 g/mol. The third kappa shape index (κ3) is 3.51. The van der Waals surface area contributed by atoms with Crippen LogP contribution in [0.1, 0.15) is 6.42 Å². The first-order chi connectivity index (χ1) is 13.5. The van der Waals surface area contributed by atoms with Gasteiger partial charge in [0.25, 0.3) is 0 Å². The summed E-state index contributed by atoms with van der Waals surface area (Å²) < 4.78 is 5.32. The molecule has 0 radical (unpaired) electrons. The van der Waals surface area contributed by atoms with Crippen molar-refractivity contribution in [1.29, 1.82) is 0 Å². The molecule has 1 saturated heterocycles. The van der Waals surface area contributed by atoms with E-state index in [9.17, 15) is 9.59 Å². The molecule has 0 aliphatic carbocycles. The average Bonchev–Trinajstić information content (AvgIpc) is 3.10. The molecule has 1 aliphatic heterocycles. The highest BCUT2D eigenvalue weighted by Gasteiger charge is 2.35. The molecule has 1 N–H and O–H groups in total. The number of hydrogen-bond acceptors (Lipinski definition) is 4. The number of rotatable bonds is 4. The first-order valence-corrected chi connectivity index (χ1v) is 9.22. The monoisotopic (exact) mass is 395 g/mol. The SMILES string of the molecule is COc1cc(NC(=O)C2CC(=O)N(c3ccc(Cl)cc3)C2)c2ncccc2c1. The number of anilines is 2. The first kappa shape index (κ1) is 18.3. The van der Waals surface area contributed by atoms with Crippen LogP contribution >= 0.6 is 11.6 Å². The van der Waals surface area contributed by atoms with E-state index in [2.05, 4.69) is 10.3 Å². The smallest absolute Gasteiger partial charge is 0.229 e. The molecule has 2 aromatic carbocycles. The molecule has 7 heteroatoms. The molecule has 1 unspecified atom stereocenters. The lowest BCUT2D eigenvalue weighted by molar-refractivity contribution is -0.122. The number of benzene rings is 2. The highest BCUT2D eigenvalue weighted by molar-refractivity contribution is 6.30. The summed E-state index contributed by atoms with van der Waals surface area (Å²) in [6, 6.07) is 14.3. The number of fused-ring (bicyclic) bond motifs is 1. The van der Waals surface area contributed by atoms with Gasteiger partial charge in [-0.05, 0) is 36.4 Å². The van der Waals surface area contributed by atoms with Crippen molar-refractivity contribution in [2.75, 3.05) is 23.9 Å². The van der Waals surface area contributed by atoms with Crippen LogP contribution in [-0.4, -0.2) is 30.5 Å². The lowest BCUT2D eigenvalue weighted by Gasteiger charge is -2.17. The van der Waals surface area contributed by atoms with Crippen LogP contribution in [0.15, 0.2) is 54.7 Å². The predicted molar refractivity (Wildman–Crippen MR) is 109 cm³/mol. The van der Waals surface area contributed by atoms with Gasteiger partial charge >= 0.3 is 0 Å². The fourth-order valence-electron chi connectivity index (χ4n) is 3.37. The number of amides is 2. The number of ether oxygens (including phenoxy) is 1. The topological polar surface area (TPSA) is 71.5 Å². The molecule has 4 rings (SSSR count). The number of methoxy groups -OCH3 is 1. The number of carbonyl (C=O) groups excluding carboxylic acids is 2. The van der Waals surface area contributed by atoms with Crippen LogP contribution in [0.3, 0.4) is 0 Å². The van der Waals surface area contributed by atoms with E-state index < -0.39 is 5.92 Å². The van der Waals surface area contributed by atoms with Crippen molar-refractivity contribution in [3.63, 3.8) is 0 Å². The van der Waals surface area contributed by atoms with E-state index in [4.69, 9.17) is 16.3 Å². The Balaban J connectivity index is 1.55. The highest BCUT2D eigenvalue weighted by atomic mass is 35.5. The minimum atomic E-state index is -0.451. The normalized spacial score (nSPS) is 16.4. The zero-order valence-corrected chi connectivity index (χ0v) is 15.9. The number of nitrogens with zero attached hydrogens (tertiary/aromatic N) is 2. The number of carbonyl (C=O) groups is 2. The van der Waals surface area contributed by atoms with Gasteiger partial charge in [-0.3, -0.25) is 14.6 Å². The summed E-state index contributed by atoms with van der Waals surface area (Å²) in [6.07, 6.45) is 1.83. The van der Waals surface area contributed by atoms with Crippen LogP contribution in [0.4, 0.5) is 11.4 Å². The summed E-state index contributed by atoms with van der Waals surface area (Å²) in [6.45, 7) is 0.321. The van der Waals surface area contributed by atoms with Gasteiger partial charge in [-0.2, -0.15) is 0 Å². The zero-order chi connectivity index (χ0) is 19.7. The summed E-state index contributed by atoms with van der Waals surface area (Å²) in [7, 11) is 1.57. The molecule has 1 aromatic heterocycles. The van der Waals surface area contributed by atoms with Gasteiger partial charge in [0.15, 0.2) is 0 Å². The molecule has 6 nitrogen and oxygen atoms in total. The van der Waals surface area contributed by atoms with E-state index in [1.54, 1.807) is 48.5 Å². The molecule has 28 heavy (non-hydrogen) atoms. The Kier molecular flexibility index (Phi) is 4.88. The van der Waals surface area contributed by atoms with Gasteiger partial charge < -0.3 is 15.0 Å². The lowest BCUT2D eigenvalue weighted by atomic mass is 10.1. The van der Waals surface area contributed by atoms with Gasteiger partial charge in [-0.15, -0.1) is 0 Å². The molecule has 0 bridgehead atoms. The predicted octanol–water partition coefficient (Wildman–Crippen LogP) is 3.89. The lowest BCUT2D eigenvalue weighted by Crippen LogP contribution is -2.28. The largest absolute Gasteiger partial charge is 0.497 e. The molecule has 1 aliphatic rings. The van der Waals surface area contributed by atoms with Crippen LogP contribution < -0.4 is 15.0 Å². The maximum atomic E-state index is 12.9. The Bertz CT molecular complexity index is 1050. The van der Waals surface area contributed by atoms with Crippen molar-refractivity contribution in [3.8, 4) is 5.75 Å². The molecule has 0 spiro atoms.